The Morgan fingerprint density at radius 1 is 1.06 bits per heavy atom. The maximum absolute atomic E-state index is 13.1. The molecule has 0 aliphatic rings. The molecule has 0 aliphatic heterocycles. The number of hydrogen-bond acceptors (Lipinski definition) is 1. The Morgan fingerprint density at radius 2 is 1.78 bits per heavy atom. The average Bonchev–Trinajstić information content (AvgIpc) is 2.31. The second kappa shape index (κ2) is 5.36. The summed E-state index contributed by atoms with van der Waals surface area (Å²) >= 11 is 2.13. The van der Waals surface area contributed by atoms with Crippen LogP contribution in [0.5, 0.6) is 0 Å². The van der Waals surface area contributed by atoms with Crippen molar-refractivity contribution in [3.63, 3.8) is 0 Å². The predicted molar refractivity (Wildman–Crippen MR) is 81.1 cm³/mol. The minimum atomic E-state index is -0.226. The third-order valence-corrected chi connectivity index (χ3v) is 4.00. The van der Waals surface area contributed by atoms with E-state index in [4.69, 9.17) is 5.73 Å². The third kappa shape index (κ3) is 2.72. The molecule has 0 spiro atoms. The van der Waals surface area contributed by atoms with E-state index >= 15 is 0 Å². The SMILES string of the molecule is Cc1ccc(C)c(C(N)c2ccc(F)cc2I)c1. The van der Waals surface area contributed by atoms with E-state index in [0.29, 0.717) is 0 Å². The first kappa shape index (κ1) is 13.5. The van der Waals surface area contributed by atoms with Gasteiger partial charge >= 0.3 is 0 Å². The van der Waals surface area contributed by atoms with Crippen LogP contribution in [0.1, 0.15) is 28.3 Å². The molecule has 0 saturated carbocycles. The molecule has 3 heteroatoms. The van der Waals surface area contributed by atoms with Crippen LogP contribution in [-0.2, 0) is 0 Å². The predicted octanol–water partition coefficient (Wildman–Crippen LogP) is 4.10. The summed E-state index contributed by atoms with van der Waals surface area (Å²) in [6.45, 7) is 4.09. The molecule has 0 saturated heterocycles. The second-order valence-electron chi connectivity index (χ2n) is 4.50. The molecule has 0 amide bonds. The van der Waals surface area contributed by atoms with Crippen LogP contribution < -0.4 is 5.73 Å². The highest BCUT2D eigenvalue weighted by Gasteiger charge is 2.14. The Bertz CT molecular complexity index is 581. The smallest absolute Gasteiger partial charge is 0.124 e. The van der Waals surface area contributed by atoms with Crippen molar-refractivity contribution in [2.24, 2.45) is 5.73 Å². The van der Waals surface area contributed by atoms with Crippen molar-refractivity contribution in [2.45, 2.75) is 19.9 Å². The molecule has 0 heterocycles. The number of aryl methyl sites for hydroxylation is 2. The minimum absolute atomic E-state index is 0.211. The summed E-state index contributed by atoms with van der Waals surface area (Å²) in [7, 11) is 0. The van der Waals surface area contributed by atoms with Gasteiger partial charge in [0, 0.05) is 3.57 Å². The van der Waals surface area contributed by atoms with E-state index in [1.165, 1.54) is 17.7 Å². The van der Waals surface area contributed by atoms with Crippen LogP contribution in [0.25, 0.3) is 0 Å². The molecule has 2 N–H and O–H groups in total. The molecule has 2 aromatic rings. The second-order valence-corrected chi connectivity index (χ2v) is 5.67. The van der Waals surface area contributed by atoms with E-state index in [0.717, 1.165) is 20.3 Å². The van der Waals surface area contributed by atoms with E-state index < -0.39 is 0 Å². The molecule has 1 nitrogen and oxygen atoms in total. The summed E-state index contributed by atoms with van der Waals surface area (Å²) in [5.41, 5.74) is 10.7. The normalized spacial score (nSPS) is 12.5. The highest BCUT2D eigenvalue weighted by atomic mass is 127. The molecule has 2 rings (SSSR count). The van der Waals surface area contributed by atoms with Gasteiger partial charge in [-0.05, 0) is 65.3 Å². The Balaban J connectivity index is 2.47. The van der Waals surface area contributed by atoms with E-state index in [2.05, 4.69) is 40.8 Å². The van der Waals surface area contributed by atoms with Gasteiger partial charge in [-0.2, -0.15) is 0 Å². The maximum atomic E-state index is 13.1. The largest absolute Gasteiger partial charge is 0.320 e. The number of nitrogens with two attached hydrogens (primary N) is 1. The number of hydrogen-bond donors (Lipinski definition) is 1. The number of benzene rings is 2. The number of halogens is 2. The molecular weight excluding hydrogens is 340 g/mol. The van der Waals surface area contributed by atoms with Gasteiger partial charge in [0.05, 0.1) is 6.04 Å². The summed E-state index contributed by atoms with van der Waals surface area (Å²) < 4.78 is 14.0. The van der Waals surface area contributed by atoms with Crippen molar-refractivity contribution in [1.29, 1.82) is 0 Å². The van der Waals surface area contributed by atoms with Gasteiger partial charge in [0.1, 0.15) is 5.82 Å². The first-order valence-electron chi connectivity index (χ1n) is 5.76. The zero-order chi connectivity index (χ0) is 13.3. The van der Waals surface area contributed by atoms with Crippen LogP contribution in [-0.4, -0.2) is 0 Å². The molecule has 0 bridgehead atoms. The van der Waals surface area contributed by atoms with Crippen LogP contribution in [0, 0.1) is 23.2 Å². The van der Waals surface area contributed by atoms with E-state index in [1.807, 2.05) is 13.8 Å². The van der Waals surface area contributed by atoms with Crippen LogP contribution >= 0.6 is 22.6 Å². The first-order valence-corrected chi connectivity index (χ1v) is 6.84. The summed E-state index contributed by atoms with van der Waals surface area (Å²) in [6, 6.07) is 10.8. The summed E-state index contributed by atoms with van der Waals surface area (Å²) in [6.07, 6.45) is 0. The molecule has 18 heavy (non-hydrogen) atoms. The van der Waals surface area contributed by atoms with Crippen LogP contribution in [0.3, 0.4) is 0 Å². The van der Waals surface area contributed by atoms with Gasteiger partial charge in [-0.25, -0.2) is 4.39 Å². The van der Waals surface area contributed by atoms with Crippen molar-refractivity contribution in [1.82, 2.24) is 0 Å². The van der Waals surface area contributed by atoms with E-state index in [9.17, 15) is 4.39 Å². The standard InChI is InChI=1S/C15H15FIN/c1-9-3-4-10(2)13(7-9)15(18)12-6-5-11(16)8-14(12)17/h3-8,15H,18H2,1-2H3. The summed E-state index contributed by atoms with van der Waals surface area (Å²) in [5.74, 6) is -0.226. The van der Waals surface area contributed by atoms with Crippen LogP contribution in [0.2, 0.25) is 0 Å². The Hall–Kier alpha value is -0.940. The Morgan fingerprint density at radius 3 is 2.44 bits per heavy atom. The molecule has 0 radical (unpaired) electrons. The molecule has 94 valence electrons. The van der Waals surface area contributed by atoms with Gasteiger partial charge in [-0.3, -0.25) is 0 Å². The lowest BCUT2D eigenvalue weighted by Gasteiger charge is -2.17. The highest BCUT2D eigenvalue weighted by molar-refractivity contribution is 14.1. The first-order chi connectivity index (χ1) is 8.49. The topological polar surface area (TPSA) is 26.0 Å². The average molecular weight is 355 g/mol. The van der Waals surface area contributed by atoms with Gasteiger partial charge in [0.2, 0.25) is 0 Å². The number of rotatable bonds is 2. The van der Waals surface area contributed by atoms with Crippen LogP contribution in [0.4, 0.5) is 4.39 Å². The molecule has 0 fully saturated rings. The van der Waals surface area contributed by atoms with E-state index in [1.54, 1.807) is 6.07 Å². The van der Waals surface area contributed by atoms with Crippen molar-refractivity contribution in [2.75, 3.05) is 0 Å². The zero-order valence-electron chi connectivity index (χ0n) is 10.4. The molecule has 1 unspecified atom stereocenters. The third-order valence-electron chi connectivity index (χ3n) is 3.07. The lowest BCUT2D eigenvalue weighted by atomic mass is 9.94. The Labute approximate surface area is 120 Å². The van der Waals surface area contributed by atoms with Gasteiger partial charge < -0.3 is 5.73 Å². The minimum Gasteiger partial charge on any atom is -0.320 e. The fourth-order valence-electron chi connectivity index (χ4n) is 2.02. The fraction of sp³-hybridized carbons (Fsp3) is 0.200. The lowest BCUT2D eigenvalue weighted by molar-refractivity contribution is 0.625. The fourth-order valence-corrected chi connectivity index (χ4v) is 2.83. The van der Waals surface area contributed by atoms with Gasteiger partial charge in [0.25, 0.3) is 0 Å². The molecule has 1 atom stereocenters. The van der Waals surface area contributed by atoms with Crippen molar-refractivity contribution < 1.29 is 4.39 Å². The summed E-state index contributed by atoms with van der Waals surface area (Å²) in [5, 5.41) is 0. The van der Waals surface area contributed by atoms with Gasteiger partial charge in [-0.1, -0.05) is 29.8 Å². The molecule has 0 aliphatic carbocycles. The van der Waals surface area contributed by atoms with E-state index in [-0.39, 0.29) is 11.9 Å². The monoisotopic (exact) mass is 355 g/mol. The van der Waals surface area contributed by atoms with Crippen LogP contribution in [0.15, 0.2) is 36.4 Å². The quantitative estimate of drug-likeness (QED) is 0.807. The molecule has 2 aromatic carbocycles. The highest BCUT2D eigenvalue weighted by Crippen LogP contribution is 2.27. The molecule has 0 aromatic heterocycles. The van der Waals surface area contributed by atoms with Gasteiger partial charge in [-0.15, -0.1) is 0 Å². The molecular formula is C15H15FIN. The zero-order valence-corrected chi connectivity index (χ0v) is 12.5. The van der Waals surface area contributed by atoms with Crippen molar-refractivity contribution >= 4 is 22.6 Å². The lowest BCUT2D eigenvalue weighted by Crippen LogP contribution is -2.15. The van der Waals surface area contributed by atoms with Crippen molar-refractivity contribution in [3.05, 3.63) is 68.0 Å². The Kier molecular flexibility index (Phi) is 4.02. The summed E-state index contributed by atoms with van der Waals surface area (Å²) in [4.78, 5) is 0. The maximum Gasteiger partial charge on any atom is 0.124 e. The van der Waals surface area contributed by atoms with Gasteiger partial charge in [0.15, 0.2) is 0 Å². The van der Waals surface area contributed by atoms with Crippen molar-refractivity contribution in [3.8, 4) is 0 Å².